The Morgan fingerprint density at radius 2 is 0.889 bits per heavy atom. The molecule has 0 aliphatic carbocycles. The molecule has 0 saturated heterocycles. The zero-order valence-corrected chi connectivity index (χ0v) is 23.4. The summed E-state index contributed by atoms with van der Waals surface area (Å²) in [4.78, 5) is 0. The third-order valence-electron chi connectivity index (χ3n) is 7.88. The molecule has 0 bridgehead atoms. The Labute approximate surface area is 282 Å². The van der Waals surface area contributed by atoms with Gasteiger partial charge in [-0.05, 0) is 96.3 Å². The summed E-state index contributed by atoms with van der Waals surface area (Å²) in [6, 6.07) is 15.1. The molecule has 0 spiro atoms. The van der Waals surface area contributed by atoms with Crippen molar-refractivity contribution in [2.24, 2.45) is 0 Å². The Bertz CT molecular complexity index is 3290. The Hall–Kier alpha value is -5.92. The van der Waals surface area contributed by atoms with Gasteiger partial charge in [0, 0.05) is 10.8 Å². The fraction of sp³-hybridized carbons (Fsp3) is 0. The van der Waals surface area contributed by atoms with Crippen LogP contribution >= 0.6 is 0 Å². The van der Waals surface area contributed by atoms with Gasteiger partial charge in [0.2, 0.25) is 0 Å². The van der Waals surface area contributed by atoms with Gasteiger partial charge in [-0.2, -0.15) is 0 Å². The zero-order valence-electron chi connectivity index (χ0n) is 38.4. The maximum Gasteiger partial charge on any atom is 0.136 e. The average molecular weight is 588 g/mol. The third kappa shape index (κ3) is 4.24. The van der Waals surface area contributed by atoms with E-state index in [9.17, 15) is 8.22 Å². The topological polar surface area (TPSA) is 13.1 Å². The summed E-state index contributed by atoms with van der Waals surface area (Å²) in [5, 5.41) is 2.30. The second-order valence-electron chi connectivity index (χ2n) is 10.5. The van der Waals surface area contributed by atoms with E-state index in [1.54, 1.807) is 0 Å². The van der Waals surface area contributed by atoms with Gasteiger partial charge in [0.05, 0.1) is 20.6 Å². The van der Waals surface area contributed by atoms with Crippen molar-refractivity contribution in [3.8, 4) is 44.5 Å². The van der Waals surface area contributed by atoms with Crippen molar-refractivity contribution < 1.29 is 25.0 Å². The Morgan fingerprint density at radius 3 is 1.60 bits per heavy atom. The van der Waals surface area contributed by atoms with Crippen LogP contribution in [0.3, 0.4) is 0 Å². The molecule has 0 amide bonds. The molecular weight excluding hydrogens is 544 g/mol. The van der Waals surface area contributed by atoms with Crippen LogP contribution in [0.5, 0.6) is 0 Å². The van der Waals surface area contributed by atoms with Crippen molar-refractivity contribution in [1.29, 1.82) is 0 Å². The first kappa shape index (κ1) is 14.7. The van der Waals surface area contributed by atoms with Crippen LogP contribution in [0.25, 0.3) is 88.0 Å². The monoisotopic (exact) mass is 587 g/mol. The first-order valence-electron chi connectivity index (χ1n) is 21.7. The summed E-state index contributed by atoms with van der Waals surface area (Å²) in [5.41, 5.74) is -0.423. The van der Waals surface area contributed by atoms with Gasteiger partial charge in [0.1, 0.15) is 11.2 Å². The predicted octanol–water partition coefficient (Wildman–Crippen LogP) is 12.6. The molecule has 0 radical (unpaired) electrons. The number of rotatable bonds is 4. The second-order valence-corrected chi connectivity index (χ2v) is 10.5. The molecule has 0 aliphatic rings. The van der Waals surface area contributed by atoms with E-state index >= 15 is 0 Å². The summed E-state index contributed by atoms with van der Waals surface area (Å²) in [5.74, 6) is 0. The van der Waals surface area contributed by atoms with E-state index in [-0.39, 0.29) is 21.9 Å². The fourth-order valence-electron chi connectivity index (χ4n) is 5.92. The van der Waals surface area contributed by atoms with Gasteiger partial charge in [-0.3, -0.25) is 0 Å². The molecule has 0 unspecified atom stereocenters. The molecule has 0 aliphatic heterocycles. The highest BCUT2D eigenvalue weighted by Crippen LogP contribution is 2.44. The SMILES string of the molecule is [2H]c1c([2H])c([2H])c(-c2c([2H])c([2H])c3oc4c([2H])c(-c5c([2H])c([2H])c([2H])c(-c6c7ccccc7c(-c7ccccc7)c7ccccc67)c5[2H])c([2H])c([2H])c4c3c2[2H])c([2H])c1[2H]. The van der Waals surface area contributed by atoms with Crippen LogP contribution in [0.4, 0.5) is 0 Å². The van der Waals surface area contributed by atoms with Crippen molar-refractivity contribution in [3.63, 3.8) is 0 Å². The summed E-state index contributed by atoms with van der Waals surface area (Å²) in [6.07, 6.45) is 0. The van der Waals surface area contributed by atoms with Crippen LogP contribution in [0, 0.1) is 0 Å². The standard InChI is InChI=1S/C44H28O/c1-3-12-29(13-4-1)32-23-25-41-40(27-32)35-24-22-33(28-42(35)45-41)31-16-11-17-34(26-31)44-38-20-9-7-18-36(38)43(30-14-5-2-6-15-30)37-19-8-10-21-39(37)44/h1-28H/i1D,3D,4D,11D,12D,13D,16D,17D,22D,23D,24D,25D,26D,27D,28D. The minimum absolute atomic E-state index is 0.0305. The highest BCUT2D eigenvalue weighted by molar-refractivity contribution is 6.21. The lowest BCUT2D eigenvalue weighted by atomic mass is 9.85. The van der Waals surface area contributed by atoms with Crippen LogP contribution < -0.4 is 0 Å². The van der Waals surface area contributed by atoms with Gasteiger partial charge in [-0.15, -0.1) is 0 Å². The summed E-state index contributed by atoms with van der Waals surface area (Å²) < 4.78 is 139. The molecule has 9 aromatic rings. The fourth-order valence-corrected chi connectivity index (χ4v) is 5.92. The molecule has 210 valence electrons. The van der Waals surface area contributed by atoms with Gasteiger partial charge >= 0.3 is 0 Å². The van der Waals surface area contributed by atoms with E-state index in [2.05, 4.69) is 0 Å². The number of furan rings is 1. The Balaban J connectivity index is 1.38. The number of hydrogen-bond donors (Lipinski definition) is 0. The molecule has 9 rings (SSSR count). The molecule has 0 atom stereocenters. The van der Waals surface area contributed by atoms with Gasteiger partial charge in [0.25, 0.3) is 0 Å². The van der Waals surface area contributed by atoms with Crippen molar-refractivity contribution in [2.45, 2.75) is 0 Å². The maximum absolute atomic E-state index is 9.71. The van der Waals surface area contributed by atoms with Crippen LogP contribution in [0.15, 0.2) is 174 Å². The van der Waals surface area contributed by atoms with Crippen LogP contribution in [0.2, 0.25) is 0 Å². The van der Waals surface area contributed by atoms with Gasteiger partial charge in [-0.25, -0.2) is 0 Å². The Kier molecular flexibility index (Phi) is 3.39. The first-order valence-corrected chi connectivity index (χ1v) is 14.2. The summed E-state index contributed by atoms with van der Waals surface area (Å²) >= 11 is 0. The van der Waals surface area contributed by atoms with Gasteiger partial charge in [-0.1, -0.05) is 139 Å². The molecule has 45 heavy (non-hydrogen) atoms. The van der Waals surface area contributed by atoms with Crippen LogP contribution in [0.1, 0.15) is 20.6 Å². The molecule has 0 N–H and O–H groups in total. The zero-order chi connectivity index (χ0) is 42.8. The average Bonchev–Trinajstić information content (AvgIpc) is 3.67. The molecule has 1 heteroatoms. The molecule has 0 fully saturated rings. The van der Waals surface area contributed by atoms with E-state index in [0.717, 1.165) is 21.9 Å². The quantitative estimate of drug-likeness (QED) is 0.187. The first-order chi connectivity index (χ1) is 28.6. The van der Waals surface area contributed by atoms with Crippen LogP contribution in [-0.4, -0.2) is 0 Å². The highest BCUT2D eigenvalue weighted by Gasteiger charge is 2.17. The molecular formula is C44H28O. The largest absolute Gasteiger partial charge is 0.456 e. The number of hydrogen-bond acceptors (Lipinski definition) is 1. The minimum atomic E-state index is -0.724. The Morgan fingerprint density at radius 1 is 0.333 bits per heavy atom. The number of fused-ring (bicyclic) bond motifs is 5. The van der Waals surface area contributed by atoms with Crippen LogP contribution in [-0.2, 0) is 0 Å². The predicted molar refractivity (Wildman–Crippen MR) is 190 cm³/mol. The summed E-state index contributed by atoms with van der Waals surface area (Å²) in [7, 11) is 0. The molecule has 1 heterocycles. The number of benzene rings is 8. The third-order valence-corrected chi connectivity index (χ3v) is 7.88. The minimum Gasteiger partial charge on any atom is -0.456 e. The van der Waals surface area contributed by atoms with E-state index in [4.69, 9.17) is 16.8 Å². The van der Waals surface area contributed by atoms with Gasteiger partial charge < -0.3 is 4.42 Å². The van der Waals surface area contributed by atoms with E-state index in [0.29, 0.717) is 16.3 Å². The van der Waals surface area contributed by atoms with Crippen molar-refractivity contribution in [3.05, 3.63) is 169 Å². The lowest BCUT2D eigenvalue weighted by molar-refractivity contribution is 0.669. The van der Waals surface area contributed by atoms with Crippen molar-refractivity contribution in [2.75, 3.05) is 0 Å². The lowest BCUT2D eigenvalue weighted by Crippen LogP contribution is -1.91. The van der Waals surface area contributed by atoms with Crippen molar-refractivity contribution in [1.82, 2.24) is 0 Å². The van der Waals surface area contributed by atoms with Crippen molar-refractivity contribution >= 4 is 43.5 Å². The normalized spacial score (nSPS) is 16.2. The maximum atomic E-state index is 9.71. The van der Waals surface area contributed by atoms with E-state index < -0.39 is 118 Å². The molecule has 1 nitrogen and oxygen atoms in total. The van der Waals surface area contributed by atoms with E-state index in [1.807, 2.05) is 78.9 Å². The highest BCUT2D eigenvalue weighted by atomic mass is 16.3. The van der Waals surface area contributed by atoms with E-state index in [1.165, 1.54) is 0 Å². The molecule has 8 aromatic carbocycles. The molecule has 1 aromatic heterocycles. The van der Waals surface area contributed by atoms with Gasteiger partial charge in [0.15, 0.2) is 0 Å². The second kappa shape index (κ2) is 10.4. The smallest absolute Gasteiger partial charge is 0.136 e. The lowest BCUT2D eigenvalue weighted by Gasteiger charge is -2.18. The summed E-state index contributed by atoms with van der Waals surface area (Å²) in [6.45, 7) is 0. The molecule has 0 saturated carbocycles.